The second-order valence-electron chi connectivity index (χ2n) is 6.67. The molecule has 5 rings (SSSR count). The molecule has 0 unspecified atom stereocenters. The van der Waals surface area contributed by atoms with Crippen molar-refractivity contribution in [2.24, 2.45) is 0 Å². The summed E-state index contributed by atoms with van der Waals surface area (Å²) in [6.45, 7) is 0. The molecule has 1 N–H and O–H groups in total. The number of furan rings is 2. The lowest BCUT2D eigenvalue weighted by Gasteiger charge is -2.04. The van der Waals surface area contributed by atoms with Crippen LogP contribution in [0.4, 0.5) is 0 Å². The van der Waals surface area contributed by atoms with Gasteiger partial charge in [-0.3, -0.25) is 4.79 Å². The van der Waals surface area contributed by atoms with Gasteiger partial charge >= 0.3 is 5.97 Å². The van der Waals surface area contributed by atoms with Gasteiger partial charge in [0.1, 0.15) is 11.2 Å². The first-order chi connectivity index (χ1) is 14.1. The second-order valence-corrected chi connectivity index (χ2v) is 7.64. The van der Waals surface area contributed by atoms with E-state index in [2.05, 4.69) is 0 Å². The van der Waals surface area contributed by atoms with E-state index in [0.717, 1.165) is 21.9 Å². The molecule has 2 aromatic carbocycles. The molecule has 0 radical (unpaired) electrons. The van der Waals surface area contributed by atoms with Gasteiger partial charge in [0, 0.05) is 27.6 Å². The fraction of sp³-hybridized carbons (Fsp3) is 0.0435. The predicted octanol–water partition coefficient (Wildman–Crippen LogP) is 6.03. The van der Waals surface area contributed by atoms with E-state index in [0.29, 0.717) is 16.0 Å². The molecule has 0 aliphatic carbocycles. The van der Waals surface area contributed by atoms with Gasteiger partial charge in [-0.2, -0.15) is 0 Å². The van der Waals surface area contributed by atoms with Crippen LogP contribution in [0, 0.1) is 0 Å². The highest BCUT2D eigenvalue weighted by atomic mass is 32.1. The summed E-state index contributed by atoms with van der Waals surface area (Å²) in [5.74, 6) is -1.07. The van der Waals surface area contributed by atoms with Crippen LogP contribution in [-0.4, -0.2) is 16.9 Å². The molecule has 0 atom stereocenters. The highest BCUT2D eigenvalue weighted by molar-refractivity contribution is 7.11. The Balaban J connectivity index is 1.51. The lowest BCUT2D eigenvalue weighted by molar-refractivity contribution is 0.0697. The van der Waals surface area contributed by atoms with Crippen LogP contribution in [0.25, 0.3) is 33.1 Å². The summed E-state index contributed by atoms with van der Waals surface area (Å²) in [4.78, 5) is 25.3. The average molecular weight is 402 g/mol. The molecule has 0 aliphatic rings. The van der Waals surface area contributed by atoms with Gasteiger partial charge < -0.3 is 13.9 Å². The molecular formula is C23H14O5S. The van der Waals surface area contributed by atoms with Crippen LogP contribution in [0.1, 0.15) is 25.8 Å². The molecule has 5 nitrogen and oxygen atoms in total. The third-order valence-corrected chi connectivity index (χ3v) is 5.85. The minimum absolute atomic E-state index is 0.0277. The van der Waals surface area contributed by atoms with E-state index in [4.69, 9.17) is 8.83 Å². The third-order valence-electron chi connectivity index (χ3n) is 4.87. The first-order valence-corrected chi connectivity index (χ1v) is 9.81. The maximum Gasteiger partial charge on any atom is 0.337 e. The molecule has 0 saturated heterocycles. The Kier molecular flexibility index (Phi) is 4.07. The van der Waals surface area contributed by atoms with Crippen LogP contribution >= 0.6 is 11.3 Å². The summed E-state index contributed by atoms with van der Waals surface area (Å²) < 4.78 is 11.0. The minimum Gasteiger partial charge on any atom is -0.478 e. The Morgan fingerprint density at radius 1 is 0.966 bits per heavy atom. The summed E-state index contributed by atoms with van der Waals surface area (Å²) in [5, 5.41) is 13.3. The van der Waals surface area contributed by atoms with Crippen LogP contribution in [0.15, 0.2) is 75.1 Å². The maximum atomic E-state index is 12.8. The van der Waals surface area contributed by atoms with Crippen LogP contribution < -0.4 is 0 Å². The first kappa shape index (κ1) is 17.5. The summed E-state index contributed by atoms with van der Waals surface area (Å²) in [5.41, 5.74) is 2.89. The molecule has 3 aromatic heterocycles. The van der Waals surface area contributed by atoms with Crippen molar-refractivity contribution in [1.29, 1.82) is 0 Å². The Morgan fingerprint density at radius 3 is 2.62 bits per heavy atom. The Labute approximate surface area is 168 Å². The van der Waals surface area contributed by atoms with Crippen LogP contribution in [0.2, 0.25) is 0 Å². The summed E-state index contributed by atoms with van der Waals surface area (Å²) in [7, 11) is 0. The standard InChI is InChI=1S/C23H14O5S/c24-17(20-10-14-3-1-2-4-19(14)28-20)11-21-22(23(25)26)16(12-29-21)13-5-6-18-15(9-13)7-8-27-18/h1-10,12H,11H2,(H,25,26). The van der Waals surface area contributed by atoms with Crippen molar-refractivity contribution in [3.63, 3.8) is 0 Å². The van der Waals surface area contributed by atoms with Crippen LogP contribution in [-0.2, 0) is 6.42 Å². The second kappa shape index (κ2) is 6.76. The number of rotatable bonds is 5. The molecule has 0 aliphatic heterocycles. The third kappa shape index (κ3) is 3.03. The highest BCUT2D eigenvalue weighted by Gasteiger charge is 2.23. The fourth-order valence-corrected chi connectivity index (χ4v) is 4.51. The van der Waals surface area contributed by atoms with Crippen molar-refractivity contribution < 1.29 is 23.5 Å². The SMILES string of the molecule is O=C(Cc1scc(-c2ccc3occc3c2)c1C(=O)O)c1cc2ccccc2o1. The smallest absolute Gasteiger partial charge is 0.337 e. The molecule has 0 fully saturated rings. The molecule has 0 spiro atoms. The molecule has 3 heterocycles. The van der Waals surface area contributed by atoms with E-state index in [1.165, 1.54) is 11.3 Å². The zero-order valence-corrected chi connectivity index (χ0v) is 15.9. The zero-order chi connectivity index (χ0) is 20.0. The van der Waals surface area contributed by atoms with Crippen molar-refractivity contribution in [2.75, 3.05) is 0 Å². The number of fused-ring (bicyclic) bond motifs is 2. The zero-order valence-electron chi connectivity index (χ0n) is 15.0. The number of hydrogen-bond acceptors (Lipinski definition) is 5. The van der Waals surface area contributed by atoms with Gasteiger partial charge in [0.05, 0.1) is 11.8 Å². The first-order valence-electron chi connectivity index (χ1n) is 8.93. The quantitative estimate of drug-likeness (QED) is 0.363. The average Bonchev–Trinajstić information content (AvgIpc) is 3.44. The van der Waals surface area contributed by atoms with Crippen molar-refractivity contribution >= 4 is 45.0 Å². The molecule has 0 amide bonds. The van der Waals surface area contributed by atoms with E-state index in [9.17, 15) is 14.7 Å². The minimum atomic E-state index is -1.05. The molecule has 6 heteroatoms. The Morgan fingerprint density at radius 2 is 1.79 bits per heavy atom. The van der Waals surface area contributed by atoms with Gasteiger partial charge in [-0.25, -0.2) is 4.79 Å². The normalized spacial score (nSPS) is 11.3. The van der Waals surface area contributed by atoms with E-state index in [1.54, 1.807) is 23.8 Å². The van der Waals surface area contributed by atoms with Gasteiger partial charge in [-0.1, -0.05) is 24.3 Å². The van der Waals surface area contributed by atoms with Gasteiger partial charge in [0.25, 0.3) is 0 Å². The number of hydrogen-bond donors (Lipinski definition) is 1. The maximum absolute atomic E-state index is 12.8. The number of carboxylic acids is 1. The van der Waals surface area contributed by atoms with Crippen molar-refractivity contribution in [1.82, 2.24) is 0 Å². The summed E-state index contributed by atoms with van der Waals surface area (Å²) >= 11 is 1.27. The largest absolute Gasteiger partial charge is 0.478 e. The number of para-hydroxylation sites is 1. The number of benzene rings is 2. The number of carbonyl (C=O) groups is 2. The fourth-order valence-electron chi connectivity index (χ4n) is 3.46. The van der Waals surface area contributed by atoms with Gasteiger partial charge in [-0.15, -0.1) is 11.3 Å². The van der Waals surface area contributed by atoms with Crippen molar-refractivity contribution in [2.45, 2.75) is 6.42 Å². The number of ketones is 1. The lowest BCUT2D eigenvalue weighted by Crippen LogP contribution is -2.06. The molecule has 5 aromatic rings. The van der Waals surface area contributed by atoms with Gasteiger partial charge in [0.2, 0.25) is 5.78 Å². The lowest BCUT2D eigenvalue weighted by atomic mass is 10.00. The summed E-state index contributed by atoms with van der Waals surface area (Å²) in [6.07, 6.45) is 1.57. The highest BCUT2D eigenvalue weighted by Crippen LogP contribution is 2.34. The molecule has 0 saturated carbocycles. The van der Waals surface area contributed by atoms with E-state index < -0.39 is 5.97 Å². The Bertz CT molecular complexity index is 1350. The number of Topliss-reactive ketones (excluding diaryl/α,β-unsaturated/α-hetero) is 1. The molecule has 142 valence electrons. The molecule has 0 bridgehead atoms. The predicted molar refractivity (Wildman–Crippen MR) is 111 cm³/mol. The number of carbonyl (C=O) groups excluding carboxylic acids is 1. The van der Waals surface area contributed by atoms with E-state index in [1.807, 2.05) is 42.5 Å². The topological polar surface area (TPSA) is 80.7 Å². The van der Waals surface area contributed by atoms with Crippen molar-refractivity contribution in [3.05, 3.63) is 82.4 Å². The van der Waals surface area contributed by atoms with Crippen LogP contribution in [0.5, 0.6) is 0 Å². The number of thiophene rings is 1. The van der Waals surface area contributed by atoms with Gasteiger partial charge in [0.15, 0.2) is 5.76 Å². The van der Waals surface area contributed by atoms with E-state index >= 15 is 0 Å². The summed E-state index contributed by atoms with van der Waals surface area (Å²) in [6, 6.07) is 16.4. The number of aromatic carboxylic acids is 1. The molecule has 29 heavy (non-hydrogen) atoms. The van der Waals surface area contributed by atoms with Gasteiger partial charge in [-0.05, 0) is 41.3 Å². The molecular weight excluding hydrogens is 388 g/mol. The monoisotopic (exact) mass is 402 g/mol. The number of carboxylic acid groups (broad SMARTS) is 1. The van der Waals surface area contributed by atoms with Crippen molar-refractivity contribution in [3.8, 4) is 11.1 Å². The van der Waals surface area contributed by atoms with E-state index in [-0.39, 0.29) is 23.5 Å². The Hall–Kier alpha value is -3.64. The van der Waals surface area contributed by atoms with Crippen LogP contribution in [0.3, 0.4) is 0 Å².